The van der Waals surface area contributed by atoms with E-state index in [1.807, 2.05) is 12.1 Å². The Bertz CT molecular complexity index is 1050. The molecular formula is C19H14Cl2F3N3O. The summed E-state index contributed by atoms with van der Waals surface area (Å²) in [5.41, 5.74) is 0.0693. The van der Waals surface area contributed by atoms with Gasteiger partial charge in [0, 0.05) is 23.8 Å². The highest BCUT2D eigenvalue weighted by Gasteiger charge is 2.33. The third-order valence-electron chi connectivity index (χ3n) is 4.03. The molecule has 0 fully saturated rings. The molecule has 3 N–H and O–H groups in total. The van der Waals surface area contributed by atoms with E-state index in [0.717, 1.165) is 23.2 Å². The first kappa shape index (κ1) is 20.1. The Morgan fingerprint density at radius 1 is 0.893 bits per heavy atom. The van der Waals surface area contributed by atoms with Gasteiger partial charge in [-0.25, -0.2) is 4.79 Å². The second-order valence-electron chi connectivity index (χ2n) is 5.88. The fourth-order valence-corrected chi connectivity index (χ4v) is 3.11. The van der Waals surface area contributed by atoms with Gasteiger partial charge in [0.25, 0.3) is 0 Å². The van der Waals surface area contributed by atoms with E-state index in [2.05, 4.69) is 16.0 Å². The summed E-state index contributed by atoms with van der Waals surface area (Å²) in [4.78, 5) is 12.4. The Balaban J connectivity index is 1.89. The first-order chi connectivity index (χ1) is 13.2. The van der Waals surface area contributed by atoms with Crippen molar-refractivity contribution >= 4 is 57.1 Å². The summed E-state index contributed by atoms with van der Waals surface area (Å²) in [6, 6.07) is 11.3. The van der Waals surface area contributed by atoms with Crippen molar-refractivity contribution in [2.45, 2.75) is 6.18 Å². The fraction of sp³-hybridized carbons (Fsp3) is 0.105. The smallest absolute Gasteiger partial charge is 0.388 e. The summed E-state index contributed by atoms with van der Waals surface area (Å²) < 4.78 is 38.9. The SMILES string of the molecule is CNc1ccc2ccc(Cl)c(NC(=O)Nc3ccc(Cl)c(C(F)(F)F)c3)c2c1. The van der Waals surface area contributed by atoms with Crippen molar-refractivity contribution in [3.63, 3.8) is 0 Å². The Morgan fingerprint density at radius 2 is 1.54 bits per heavy atom. The maximum atomic E-state index is 13.0. The normalized spacial score (nSPS) is 11.4. The van der Waals surface area contributed by atoms with Gasteiger partial charge in [0.15, 0.2) is 0 Å². The number of rotatable bonds is 3. The molecule has 0 aliphatic heterocycles. The van der Waals surface area contributed by atoms with Crippen molar-refractivity contribution in [2.75, 3.05) is 23.0 Å². The van der Waals surface area contributed by atoms with Gasteiger partial charge in [-0.05, 0) is 41.8 Å². The molecule has 0 aliphatic carbocycles. The average Bonchev–Trinajstić information content (AvgIpc) is 2.64. The Morgan fingerprint density at radius 3 is 2.21 bits per heavy atom. The van der Waals surface area contributed by atoms with Gasteiger partial charge >= 0.3 is 12.2 Å². The second kappa shape index (κ2) is 7.77. The zero-order valence-electron chi connectivity index (χ0n) is 14.4. The van der Waals surface area contributed by atoms with Crippen LogP contribution in [0.3, 0.4) is 0 Å². The highest BCUT2D eigenvalue weighted by Crippen LogP contribution is 2.36. The number of alkyl halides is 3. The molecule has 0 unspecified atom stereocenters. The van der Waals surface area contributed by atoms with Crippen LogP contribution in [0.15, 0.2) is 48.5 Å². The summed E-state index contributed by atoms with van der Waals surface area (Å²) >= 11 is 11.8. The number of fused-ring (bicyclic) bond motifs is 1. The van der Waals surface area contributed by atoms with Crippen LogP contribution in [0.2, 0.25) is 10.0 Å². The molecule has 0 saturated carbocycles. The topological polar surface area (TPSA) is 53.2 Å². The summed E-state index contributed by atoms with van der Waals surface area (Å²) in [5.74, 6) is 0. The number of amides is 2. The number of nitrogens with one attached hydrogen (secondary N) is 3. The second-order valence-corrected chi connectivity index (χ2v) is 6.69. The lowest BCUT2D eigenvalue weighted by molar-refractivity contribution is -0.137. The molecule has 2 amide bonds. The van der Waals surface area contributed by atoms with E-state index in [-0.39, 0.29) is 5.69 Å². The summed E-state index contributed by atoms with van der Waals surface area (Å²) in [5, 5.41) is 9.33. The van der Waals surface area contributed by atoms with E-state index in [1.165, 1.54) is 6.07 Å². The first-order valence-electron chi connectivity index (χ1n) is 8.04. The highest BCUT2D eigenvalue weighted by atomic mass is 35.5. The zero-order chi connectivity index (χ0) is 20.5. The van der Waals surface area contributed by atoms with Crippen molar-refractivity contribution in [1.82, 2.24) is 0 Å². The van der Waals surface area contributed by atoms with Gasteiger partial charge in [0.05, 0.1) is 21.3 Å². The van der Waals surface area contributed by atoms with E-state index in [1.54, 1.807) is 25.2 Å². The molecule has 146 valence electrons. The van der Waals surface area contributed by atoms with Crippen LogP contribution < -0.4 is 16.0 Å². The van der Waals surface area contributed by atoms with Crippen LogP contribution in [0, 0.1) is 0 Å². The van der Waals surface area contributed by atoms with E-state index in [0.29, 0.717) is 16.1 Å². The molecule has 3 aromatic rings. The molecule has 0 heterocycles. The Kier molecular flexibility index (Phi) is 5.58. The zero-order valence-corrected chi connectivity index (χ0v) is 15.9. The number of halogens is 5. The van der Waals surface area contributed by atoms with Crippen LogP contribution in [-0.2, 0) is 6.18 Å². The Hall–Kier alpha value is -2.64. The van der Waals surface area contributed by atoms with Crippen LogP contribution in [0.25, 0.3) is 10.8 Å². The molecule has 3 aromatic carbocycles. The summed E-state index contributed by atoms with van der Waals surface area (Å²) in [6.45, 7) is 0. The van der Waals surface area contributed by atoms with Gasteiger partial charge < -0.3 is 16.0 Å². The number of urea groups is 1. The van der Waals surface area contributed by atoms with Crippen LogP contribution in [0.1, 0.15) is 5.56 Å². The minimum Gasteiger partial charge on any atom is -0.388 e. The molecule has 0 aliphatic rings. The lowest BCUT2D eigenvalue weighted by Gasteiger charge is -2.14. The van der Waals surface area contributed by atoms with Gasteiger partial charge in [0.2, 0.25) is 0 Å². The molecule has 28 heavy (non-hydrogen) atoms. The van der Waals surface area contributed by atoms with Gasteiger partial charge in [-0.1, -0.05) is 35.3 Å². The van der Waals surface area contributed by atoms with Crippen molar-refractivity contribution in [3.8, 4) is 0 Å². The van der Waals surface area contributed by atoms with Crippen LogP contribution in [-0.4, -0.2) is 13.1 Å². The van der Waals surface area contributed by atoms with Crippen molar-refractivity contribution in [2.24, 2.45) is 0 Å². The molecule has 0 atom stereocenters. The highest BCUT2D eigenvalue weighted by molar-refractivity contribution is 6.35. The Labute approximate surface area is 168 Å². The molecule has 9 heteroatoms. The third kappa shape index (κ3) is 4.26. The van der Waals surface area contributed by atoms with Gasteiger partial charge in [-0.2, -0.15) is 13.2 Å². The molecule has 0 saturated heterocycles. The van der Waals surface area contributed by atoms with Crippen molar-refractivity contribution in [1.29, 1.82) is 0 Å². The molecule has 3 rings (SSSR count). The van der Waals surface area contributed by atoms with Crippen LogP contribution in [0.4, 0.5) is 35.0 Å². The molecule has 4 nitrogen and oxygen atoms in total. The maximum Gasteiger partial charge on any atom is 0.417 e. The summed E-state index contributed by atoms with van der Waals surface area (Å²) in [6.07, 6.45) is -4.63. The number of carbonyl (C=O) groups excluding carboxylic acids is 1. The monoisotopic (exact) mass is 427 g/mol. The average molecular weight is 428 g/mol. The van der Waals surface area contributed by atoms with Gasteiger partial charge in [-0.3, -0.25) is 0 Å². The predicted octanol–water partition coefficient (Wildman–Crippen LogP) is 6.85. The lowest BCUT2D eigenvalue weighted by atomic mass is 10.1. The van der Waals surface area contributed by atoms with Crippen molar-refractivity contribution < 1.29 is 18.0 Å². The fourth-order valence-electron chi connectivity index (χ4n) is 2.67. The quantitative estimate of drug-likeness (QED) is 0.427. The molecule has 0 radical (unpaired) electrons. The predicted molar refractivity (Wildman–Crippen MR) is 108 cm³/mol. The number of benzene rings is 3. The number of carbonyl (C=O) groups is 1. The maximum absolute atomic E-state index is 13.0. The number of hydrogen-bond acceptors (Lipinski definition) is 2. The number of hydrogen-bond donors (Lipinski definition) is 3. The first-order valence-corrected chi connectivity index (χ1v) is 8.79. The van der Waals surface area contributed by atoms with Crippen LogP contribution in [0.5, 0.6) is 0 Å². The van der Waals surface area contributed by atoms with Crippen molar-refractivity contribution in [3.05, 3.63) is 64.1 Å². The molecule has 0 bridgehead atoms. The van der Waals surface area contributed by atoms with E-state index >= 15 is 0 Å². The van der Waals surface area contributed by atoms with E-state index in [4.69, 9.17) is 23.2 Å². The largest absolute Gasteiger partial charge is 0.417 e. The minimum atomic E-state index is -4.63. The minimum absolute atomic E-state index is 0.0542. The van der Waals surface area contributed by atoms with Gasteiger partial charge in [-0.15, -0.1) is 0 Å². The van der Waals surface area contributed by atoms with Gasteiger partial charge in [0.1, 0.15) is 0 Å². The lowest BCUT2D eigenvalue weighted by Crippen LogP contribution is -2.20. The van der Waals surface area contributed by atoms with Crippen LogP contribution >= 0.6 is 23.2 Å². The number of anilines is 3. The standard InChI is InChI=1S/C19H14Cl2F3N3O/c1-25-11-4-2-10-3-6-16(21)17(13(10)8-11)27-18(28)26-12-5-7-15(20)14(9-12)19(22,23)24/h2-9,25H,1H3,(H2,26,27,28). The van der Waals surface area contributed by atoms with E-state index < -0.39 is 22.8 Å². The molecular weight excluding hydrogens is 414 g/mol. The molecule has 0 spiro atoms. The molecule has 0 aromatic heterocycles. The summed E-state index contributed by atoms with van der Waals surface area (Å²) in [7, 11) is 1.75. The third-order valence-corrected chi connectivity index (χ3v) is 4.67. The van der Waals surface area contributed by atoms with E-state index in [9.17, 15) is 18.0 Å².